The summed E-state index contributed by atoms with van der Waals surface area (Å²) >= 11 is 5.84. The van der Waals surface area contributed by atoms with Crippen LogP contribution in [0.5, 0.6) is 0 Å². The molecule has 2 unspecified atom stereocenters. The van der Waals surface area contributed by atoms with Crippen molar-refractivity contribution in [3.05, 3.63) is 34.9 Å². The summed E-state index contributed by atoms with van der Waals surface area (Å²) in [5.74, 6) is 0.00108. The zero-order chi connectivity index (χ0) is 13.7. The van der Waals surface area contributed by atoms with E-state index in [9.17, 15) is 4.79 Å². The van der Waals surface area contributed by atoms with Gasteiger partial charge in [-0.15, -0.1) is 0 Å². The molecule has 2 rings (SSSR count). The van der Waals surface area contributed by atoms with E-state index >= 15 is 0 Å². The first-order chi connectivity index (χ1) is 9.15. The van der Waals surface area contributed by atoms with Crippen LogP contribution in [0.25, 0.3) is 0 Å². The van der Waals surface area contributed by atoms with Gasteiger partial charge in [0.25, 0.3) is 0 Å². The molecule has 1 amide bonds. The van der Waals surface area contributed by atoms with Crippen molar-refractivity contribution >= 4 is 17.5 Å². The van der Waals surface area contributed by atoms with Gasteiger partial charge >= 0.3 is 0 Å². The molecule has 5 heteroatoms. The zero-order valence-corrected chi connectivity index (χ0v) is 11.7. The van der Waals surface area contributed by atoms with Gasteiger partial charge in [-0.2, -0.15) is 0 Å². The van der Waals surface area contributed by atoms with Crippen LogP contribution in [0.1, 0.15) is 12.5 Å². The zero-order valence-electron chi connectivity index (χ0n) is 11.0. The quantitative estimate of drug-likeness (QED) is 0.877. The summed E-state index contributed by atoms with van der Waals surface area (Å²) in [5.41, 5.74) is 1.16. The summed E-state index contributed by atoms with van der Waals surface area (Å²) in [7, 11) is 0. The maximum Gasteiger partial charge on any atom is 0.239 e. The van der Waals surface area contributed by atoms with Crippen LogP contribution in [0.4, 0.5) is 0 Å². The molecule has 1 aromatic carbocycles. The average Bonchev–Trinajstić information content (AvgIpc) is 2.42. The van der Waals surface area contributed by atoms with Crippen molar-refractivity contribution in [2.75, 3.05) is 19.8 Å². The third kappa shape index (κ3) is 4.49. The van der Waals surface area contributed by atoms with Crippen molar-refractivity contribution in [3.63, 3.8) is 0 Å². The van der Waals surface area contributed by atoms with Crippen LogP contribution in [0, 0.1) is 0 Å². The second kappa shape index (κ2) is 6.89. The smallest absolute Gasteiger partial charge is 0.239 e. The number of benzene rings is 1. The van der Waals surface area contributed by atoms with E-state index in [0.29, 0.717) is 13.2 Å². The number of hydrogen-bond acceptors (Lipinski definition) is 3. The van der Waals surface area contributed by atoms with Crippen LogP contribution in [-0.2, 0) is 16.0 Å². The van der Waals surface area contributed by atoms with E-state index in [1.54, 1.807) is 0 Å². The monoisotopic (exact) mass is 282 g/mol. The largest absolute Gasteiger partial charge is 0.378 e. The normalized spacial score (nSPS) is 20.8. The molecule has 0 spiro atoms. The maximum absolute atomic E-state index is 12.0. The van der Waals surface area contributed by atoms with Crippen molar-refractivity contribution in [2.45, 2.75) is 25.4 Å². The van der Waals surface area contributed by atoms with Crippen LogP contribution in [0.2, 0.25) is 5.02 Å². The molecule has 4 nitrogen and oxygen atoms in total. The van der Waals surface area contributed by atoms with Crippen molar-refractivity contribution in [2.24, 2.45) is 0 Å². The molecule has 2 N–H and O–H groups in total. The minimum absolute atomic E-state index is 0.00108. The van der Waals surface area contributed by atoms with Crippen molar-refractivity contribution < 1.29 is 9.53 Å². The average molecular weight is 283 g/mol. The van der Waals surface area contributed by atoms with Gasteiger partial charge in [0, 0.05) is 17.6 Å². The summed E-state index contributed by atoms with van der Waals surface area (Å²) < 4.78 is 5.28. The second-order valence-corrected chi connectivity index (χ2v) is 5.26. The van der Waals surface area contributed by atoms with Crippen molar-refractivity contribution in [1.29, 1.82) is 0 Å². The third-order valence-corrected chi connectivity index (χ3v) is 3.33. The molecule has 1 saturated heterocycles. The standard InChI is InChI=1S/C14H19ClN2O2/c1-10(8-11-2-4-12(15)5-3-11)17-14(18)13-9-19-7-6-16-13/h2-5,10,13,16H,6-9H2,1H3,(H,17,18). The summed E-state index contributed by atoms with van der Waals surface area (Å²) in [6.07, 6.45) is 0.788. The number of halogens is 1. The molecule has 0 saturated carbocycles. The molecular formula is C14H19ClN2O2. The minimum atomic E-state index is -0.235. The lowest BCUT2D eigenvalue weighted by Crippen LogP contribution is -2.53. The van der Waals surface area contributed by atoms with E-state index in [0.717, 1.165) is 23.6 Å². The lowest BCUT2D eigenvalue weighted by atomic mass is 10.1. The molecule has 104 valence electrons. The van der Waals surface area contributed by atoms with Gasteiger partial charge in [-0.25, -0.2) is 0 Å². The minimum Gasteiger partial charge on any atom is -0.378 e. The van der Waals surface area contributed by atoms with Gasteiger partial charge in [0.2, 0.25) is 5.91 Å². The van der Waals surface area contributed by atoms with Gasteiger partial charge in [-0.05, 0) is 31.0 Å². The molecule has 1 aliphatic heterocycles. The Morgan fingerprint density at radius 2 is 2.26 bits per heavy atom. The number of nitrogens with one attached hydrogen (secondary N) is 2. The Morgan fingerprint density at radius 3 is 2.89 bits per heavy atom. The number of carbonyl (C=O) groups is 1. The van der Waals surface area contributed by atoms with E-state index < -0.39 is 0 Å². The van der Waals surface area contributed by atoms with Crippen molar-refractivity contribution in [1.82, 2.24) is 10.6 Å². The number of rotatable bonds is 4. The lowest BCUT2D eigenvalue weighted by Gasteiger charge is -2.24. The summed E-state index contributed by atoms with van der Waals surface area (Å²) in [6.45, 7) is 3.84. The molecule has 1 aliphatic rings. The highest BCUT2D eigenvalue weighted by molar-refractivity contribution is 6.30. The SMILES string of the molecule is CC(Cc1ccc(Cl)cc1)NC(=O)C1COCCN1. The van der Waals surface area contributed by atoms with Crippen molar-refractivity contribution in [3.8, 4) is 0 Å². The highest BCUT2D eigenvalue weighted by Gasteiger charge is 2.22. The molecule has 1 heterocycles. The van der Waals surface area contributed by atoms with Crippen LogP contribution < -0.4 is 10.6 Å². The van der Waals surface area contributed by atoms with E-state index in [-0.39, 0.29) is 18.0 Å². The number of ether oxygens (including phenoxy) is 1. The first-order valence-corrected chi connectivity index (χ1v) is 6.89. The Hall–Kier alpha value is -1.10. The molecular weight excluding hydrogens is 264 g/mol. The second-order valence-electron chi connectivity index (χ2n) is 4.82. The fourth-order valence-electron chi connectivity index (χ4n) is 2.10. The van der Waals surface area contributed by atoms with E-state index in [1.165, 1.54) is 0 Å². The highest BCUT2D eigenvalue weighted by Crippen LogP contribution is 2.11. The Bertz CT molecular complexity index is 416. The van der Waals surface area contributed by atoms with Gasteiger partial charge in [-0.3, -0.25) is 4.79 Å². The molecule has 1 aromatic rings. The Balaban J connectivity index is 1.81. The highest BCUT2D eigenvalue weighted by atomic mass is 35.5. The number of amides is 1. The molecule has 0 bridgehead atoms. The topological polar surface area (TPSA) is 50.4 Å². The number of hydrogen-bond donors (Lipinski definition) is 2. The summed E-state index contributed by atoms with van der Waals surface area (Å²) in [4.78, 5) is 12.0. The maximum atomic E-state index is 12.0. The lowest BCUT2D eigenvalue weighted by molar-refractivity contribution is -0.126. The van der Waals surface area contributed by atoms with Crippen LogP contribution >= 0.6 is 11.6 Å². The summed E-state index contributed by atoms with van der Waals surface area (Å²) in [5, 5.41) is 6.87. The Kier molecular flexibility index (Phi) is 5.19. The fraction of sp³-hybridized carbons (Fsp3) is 0.500. The van der Waals surface area contributed by atoms with Gasteiger partial charge in [0.1, 0.15) is 6.04 Å². The van der Waals surface area contributed by atoms with Gasteiger partial charge < -0.3 is 15.4 Å². The van der Waals surface area contributed by atoms with E-state index in [1.807, 2.05) is 31.2 Å². The molecule has 1 fully saturated rings. The molecule has 0 aliphatic carbocycles. The molecule has 0 aromatic heterocycles. The van der Waals surface area contributed by atoms with Crippen LogP contribution in [-0.4, -0.2) is 37.7 Å². The van der Waals surface area contributed by atoms with Gasteiger partial charge in [-0.1, -0.05) is 23.7 Å². The Labute approximate surface area is 118 Å². The van der Waals surface area contributed by atoms with Gasteiger partial charge in [0.05, 0.1) is 13.2 Å². The third-order valence-electron chi connectivity index (χ3n) is 3.08. The fourth-order valence-corrected chi connectivity index (χ4v) is 2.23. The first kappa shape index (κ1) is 14.3. The predicted octanol–water partition coefficient (Wildman–Crippen LogP) is 1.38. The first-order valence-electron chi connectivity index (χ1n) is 6.51. The summed E-state index contributed by atoms with van der Waals surface area (Å²) in [6, 6.07) is 7.53. The number of morpholine rings is 1. The van der Waals surface area contributed by atoms with E-state index in [4.69, 9.17) is 16.3 Å². The van der Waals surface area contributed by atoms with Crippen LogP contribution in [0.3, 0.4) is 0 Å². The van der Waals surface area contributed by atoms with Gasteiger partial charge in [0.15, 0.2) is 0 Å². The van der Waals surface area contributed by atoms with E-state index in [2.05, 4.69) is 10.6 Å². The predicted molar refractivity (Wildman–Crippen MR) is 75.4 cm³/mol. The molecule has 19 heavy (non-hydrogen) atoms. The van der Waals surface area contributed by atoms with Crippen LogP contribution in [0.15, 0.2) is 24.3 Å². The number of carbonyl (C=O) groups excluding carboxylic acids is 1. The Morgan fingerprint density at radius 1 is 1.53 bits per heavy atom. The molecule has 2 atom stereocenters. The molecule has 0 radical (unpaired) electrons.